The zero-order valence-corrected chi connectivity index (χ0v) is 12.4. The predicted octanol–water partition coefficient (Wildman–Crippen LogP) is 1.91. The molecule has 0 bridgehead atoms. The molecule has 0 unspecified atom stereocenters. The van der Waals surface area contributed by atoms with E-state index >= 15 is 0 Å². The summed E-state index contributed by atoms with van der Waals surface area (Å²) in [5.41, 5.74) is 1.51. The van der Waals surface area contributed by atoms with Crippen molar-refractivity contribution in [1.82, 2.24) is 9.78 Å². The minimum Gasteiger partial charge on any atom is -0.320 e. The Morgan fingerprint density at radius 2 is 2.05 bits per heavy atom. The van der Waals surface area contributed by atoms with Gasteiger partial charge in [0.25, 0.3) is 15.0 Å². The third-order valence-corrected chi connectivity index (χ3v) is 4.13. The molecule has 1 aromatic carbocycles. The minimum absolute atomic E-state index is 0.00445. The van der Waals surface area contributed by atoms with Crippen LogP contribution < -0.4 is 5.32 Å². The van der Waals surface area contributed by atoms with E-state index in [0.717, 1.165) is 0 Å². The summed E-state index contributed by atoms with van der Waals surface area (Å²) in [6.07, 6.45) is 1.52. The van der Waals surface area contributed by atoms with E-state index in [0.29, 0.717) is 16.9 Å². The number of carbonyl (C=O) groups excluding carboxylic acids is 1. The molecule has 0 radical (unpaired) electrons. The number of rotatable bonds is 3. The fourth-order valence-electron chi connectivity index (χ4n) is 1.71. The fourth-order valence-corrected chi connectivity index (χ4v) is 2.55. The summed E-state index contributed by atoms with van der Waals surface area (Å²) >= 11 is 0. The van der Waals surface area contributed by atoms with Crippen LogP contribution in [0.5, 0.6) is 0 Å². The molecule has 2 rings (SSSR count). The number of halogens is 1. The number of aryl methyl sites for hydroxylation is 2. The first kappa shape index (κ1) is 14.5. The van der Waals surface area contributed by atoms with Crippen molar-refractivity contribution in [2.45, 2.75) is 11.8 Å². The van der Waals surface area contributed by atoms with E-state index in [4.69, 9.17) is 10.7 Å². The number of amides is 1. The highest BCUT2D eigenvalue weighted by Crippen LogP contribution is 2.22. The number of aromatic nitrogens is 2. The Labute approximate surface area is 120 Å². The summed E-state index contributed by atoms with van der Waals surface area (Å²) in [5, 5.41) is 6.60. The largest absolute Gasteiger partial charge is 0.320 e. The highest BCUT2D eigenvalue weighted by Gasteiger charge is 2.14. The van der Waals surface area contributed by atoms with E-state index in [2.05, 4.69) is 10.4 Å². The predicted molar refractivity (Wildman–Crippen MR) is 75.4 cm³/mol. The van der Waals surface area contributed by atoms with Gasteiger partial charge in [0.1, 0.15) is 5.69 Å². The molecule has 1 N–H and O–H groups in total. The molecule has 0 spiro atoms. The molecule has 1 amide bonds. The van der Waals surface area contributed by atoms with Gasteiger partial charge in [-0.25, -0.2) is 8.42 Å². The molecule has 6 nitrogen and oxygen atoms in total. The zero-order valence-electron chi connectivity index (χ0n) is 10.8. The van der Waals surface area contributed by atoms with Crippen LogP contribution in [0.1, 0.15) is 16.1 Å². The molecule has 1 aromatic heterocycles. The topological polar surface area (TPSA) is 81.1 Å². The Balaban J connectivity index is 2.27. The smallest absolute Gasteiger partial charge is 0.273 e. The van der Waals surface area contributed by atoms with Crippen LogP contribution in [0.25, 0.3) is 0 Å². The lowest BCUT2D eigenvalue weighted by Gasteiger charge is -2.09. The molecule has 0 atom stereocenters. The summed E-state index contributed by atoms with van der Waals surface area (Å²) < 4.78 is 23.9. The SMILES string of the molecule is Cc1cc(S(=O)(=O)Cl)ccc1NC(=O)c1ccnn1C. The highest BCUT2D eigenvalue weighted by atomic mass is 35.7. The van der Waals surface area contributed by atoms with Crippen molar-refractivity contribution in [3.8, 4) is 0 Å². The van der Waals surface area contributed by atoms with Crippen LogP contribution in [0, 0.1) is 6.92 Å². The third-order valence-electron chi connectivity index (χ3n) is 2.78. The van der Waals surface area contributed by atoms with E-state index in [9.17, 15) is 13.2 Å². The molecule has 2 aromatic rings. The van der Waals surface area contributed by atoms with Crippen LogP contribution in [0.15, 0.2) is 35.4 Å². The van der Waals surface area contributed by atoms with E-state index in [1.54, 1.807) is 20.0 Å². The van der Waals surface area contributed by atoms with Crippen molar-refractivity contribution in [2.75, 3.05) is 5.32 Å². The fraction of sp³-hybridized carbons (Fsp3) is 0.167. The van der Waals surface area contributed by atoms with E-state index in [1.807, 2.05) is 0 Å². The molecule has 20 heavy (non-hydrogen) atoms. The van der Waals surface area contributed by atoms with Crippen LogP contribution in [-0.4, -0.2) is 24.1 Å². The number of nitrogens with zero attached hydrogens (tertiary/aromatic N) is 2. The maximum absolute atomic E-state index is 12.0. The average molecular weight is 314 g/mol. The van der Waals surface area contributed by atoms with Crippen molar-refractivity contribution < 1.29 is 13.2 Å². The number of anilines is 1. The Hall–Kier alpha value is -1.86. The number of hydrogen-bond acceptors (Lipinski definition) is 4. The van der Waals surface area contributed by atoms with Crippen molar-refractivity contribution >= 4 is 31.3 Å². The second-order valence-corrected chi connectivity index (χ2v) is 6.77. The Bertz CT molecular complexity index is 768. The first-order chi connectivity index (χ1) is 9.29. The molecule has 0 aliphatic carbocycles. The molecule has 8 heteroatoms. The van der Waals surface area contributed by atoms with Crippen LogP contribution >= 0.6 is 10.7 Å². The van der Waals surface area contributed by atoms with Crippen LogP contribution in [-0.2, 0) is 16.1 Å². The van der Waals surface area contributed by atoms with Gasteiger partial charge in [0, 0.05) is 29.6 Å². The third kappa shape index (κ3) is 3.00. The van der Waals surface area contributed by atoms with Gasteiger partial charge < -0.3 is 5.32 Å². The zero-order chi connectivity index (χ0) is 14.9. The quantitative estimate of drug-likeness (QED) is 0.878. The lowest BCUT2D eigenvalue weighted by Crippen LogP contribution is -2.16. The molecule has 0 aliphatic rings. The molecule has 0 saturated heterocycles. The van der Waals surface area contributed by atoms with Gasteiger partial charge in [0.2, 0.25) is 0 Å². The van der Waals surface area contributed by atoms with Crippen LogP contribution in [0.2, 0.25) is 0 Å². The summed E-state index contributed by atoms with van der Waals surface area (Å²) in [5.74, 6) is -0.324. The molecule has 0 aliphatic heterocycles. The number of carbonyl (C=O) groups is 1. The normalized spacial score (nSPS) is 11.3. The highest BCUT2D eigenvalue weighted by molar-refractivity contribution is 8.13. The average Bonchev–Trinajstić information content (AvgIpc) is 2.76. The summed E-state index contributed by atoms with van der Waals surface area (Å²) in [6, 6.07) is 5.83. The van der Waals surface area contributed by atoms with Crippen molar-refractivity contribution in [1.29, 1.82) is 0 Å². The van der Waals surface area contributed by atoms with Gasteiger partial charge in [0.05, 0.1) is 4.90 Å². The first-order valence-electron chi connectivity index (χ1n) is 5.63. The molecule has 1 heterocycles. The number of nitrogens with one attached hydrogen (secondary N) is 1. The van der Waals surface area contributed by atoms with Crippen molar-refractivity contribution in [2.24, 2.45) is 7.05 Å². The maximum Gasteiger partial charge on any atom is 0.273 e. The summed E-state index contributed by atoms with van der Waals surface area (Å²) in [4.78, 5) is 12.0. The first-order valence-corrected chi connectivity index (χ1v) is 7.94. The van der Waals surface area contributed by atoms with Gasteiger partial charge in [-0.2, -0.15) is 5.10 Å². The van der Waals surface area contributed by atoms with Gasteiger partial charge in [-0.15, -0.1) is 0 Å². The van der Waals surface area contributed by atoms with Gasteiger partial charge in [-0.1, -0.05) is 0 Å². The molecule has 106 valence electrons. The monoisotopic (exact) mass is 313 g/mol. The Morgan fingerprint density at radius 1 is 1.35 bits per heavy atom. The molecule has 0 fully saturated rings. The minimum atomic E-state index is -3.78. The molecular weight excluding hydrogens is 302 g/mol. The van der Waals surface area contributed by atoms with E-state index in [-0.39, 0.29) is 10.8 Å². The van der Waals surface area contributed by atoms with Gasteiger partial charge >= 0.3 is 0 Å². The van der Waals surface area contributed by atoms with Gasteiger partial charge in [-0.3, -0.25) is 9.48 Å². The van der Waals surface area contributed by atoms with Gasteiger partial charge in [-0.05, 0) is 36.8 Å². The second-order valence-electron chi connectivity index (χ2n) is 4.21. The standard InChI is InChI=1S/C12H12ClN3O3S/c1-8-7-9(20(13,18)19)3-4-10(8)15-12(17)11-5-6-14-16(11)2/h3-7H,1-2H3,(H,15,17). The lowest BCUT2D eigenvalue weighted by molar-refractivity contribution is 0.101. The number of hydrogen-bond donors (Lipinski definition) is 1. The van der Waals surface area contributed by atoms with Crippen LogP contribution in [0.3, 0.4) is 0 Å². The van der Waals surface area contributed by atoms with Gasteiger partial charge in [0.15, 0.2) is 0 Å². The van der Waals surface area contributed by atoms with E-state index in [1.165, 1.54) is 29.1 Å². The van der Waals surface area contributed by atoms with Crippen molar-refractivity contribution in [3.63, 3.8) is 0 Å². The molecule has 0 saturated carbocycles. The molecular formula is C12H12ClN3O3S. The van der Waals surface area contributed by atoms with Crippen molar-refractivity contribution in [3.05, 3.63) is 41.7 Å². The Morgan fingerprint density at radius 3 is 2.55 bits per heavy atom. The van der Waals surface area contributed by atoms with E-state index < -0.39 is 9.05 Å². The summed E-state index contributed by atoms with van der Waals surface area (Å²) in [6.45, 7) is 1.68. The maximum atomic E-state index is 12.0. The Kier molecular flexibility index (Phi) is 3.82. The second kappa shape index (κ2) is 5.26. The number of benzene rings is 1. The summed E-state index contributed by atoms with van der Waals surface area (Å²) in [7, 11) is 3.15. The van der Waals surface area contributed by atoms with Crippen LogP contribution in [0.4, 0.5) is 5.69 Å². The lowest BCUT2D eigenvalue weighted by atomic mass is 10.2.